The predicted molar refractivity (Wildman–Crippen MR) is 81.9 cm³/mol. The molecule has 4 aliphatic carbocycles. The topological polar surface area (TPSA) is 67.2 Å². The van der Waals surface area contributed by atoms with Gasteiger partial charge in [-0.2, -0.15) is 0 Å². The Bertz CT molecular complexity index is 554. The van der Waals surface area contributed by atoms with Crippen molar-refractivity contribution in [1.29, 1.82) is 0 Å². The molecule has 5 rings (SSSR count). The zero-order valence-electron chi connectivity index (χ0n) is 13.2. The summed E-state index contributed by atoms with van der Waals surface area (Å²) in [5, 5.41) is 14.0. The minimum absolute atomic E-state index is 0.0354. The van der Waals surface area contributed by atoms with Gasteiger partial charge >= 0.3 is 0 Å². The van der Waals surface area contributed by atoms with Crippen molar-refractivity contribution in [2.45, 2.75) is 63.6 Å². The number of carbonyl (C=O) groups excluding carboxylic acids is 1. The van der Waals surface area contributed by atoms with E-state index in [0.29, 0.717) is 18.4 Å². The predicted octanol–water partition coefficient (Wildman–Crippen LogP) is 1.72. The van der Waals surface area contributed by atoms with Crippen LogP contribution in [-0.4, -0.2) is 32.2 Å². The SMILES string of the molecule is C[C@@H](NC(=O)Cn1ccnc1)C12C[C@H]3C[C@@H](CC(O)(C3)C1)C2. The molecule has 4 bridgehead atoms. The first kappa shape index (κ1) is 14.2. The number of hydrogen-bond donors (Lipinski definition) is 2. The van der Waals surface area contributed by atoms with E-state index >= 15 is 0 Å². The normalized spacial score (nSPS) is 40.6. The average molecular weight is 303 g/mol. The minimum Gasteiger partial charge on any atom is -0.390 e. The molecular weight excluding hydrogens is 278 g/mol. The fraction of sp³-hybridized carbons (Fsp3) is 0.765. The van der Waals surface area contributed by atoms with Gasteiger partial charge in [-0.3, -0.25) is 4.79 Å². The highest BCUT2D eigenvalue weighted by Crippen LogP contribution is 2.62. The van der Waals surface area contributed by atoms with Crippen molar-refractivity contribution in [3.63, 3.8) is 0 Å². The maximum Gasteiger partial charge on any atom is 0.240 e. The van der Waals surface area contributed by atoms with Gasteiger partial charge in [0.15, 0.2) is 0 Å². The average Bonchev–Trinajstić information content (AvgIpc) is 2.88. The van der Waals surface area contributed by atoms with E-state index in [0.717, 1.165) is 19.3 Å². The molecule has 4 aliphatic rings. The van der Waals surface area contributed by atoms with Crippen molar-refractivity contribution in [3.8, 4) is 0 Å². The second-order valence-corrected chi connectivity index (χ2v) is 8.07. The molecule has 0 aliphatic heterocycles. The van der Waals surface area contributed by atoms with Crippen LogP contribution in [-0.2, 0) is 11.3 Å². The third kappa shape index (κ3) is 2.35. The number of imidazole rings is 1. The Morgan fingerprint density at radius 2 is 2.14 bits per heavy atom. The summed E-state index contributed by atoms with van der Waals surface area (Å²) >= 11 is 0. The van der Waals surface area contributed by atoms with E-state index in [4.69, 9.17) is 0 Å². The van der Waals surface area contributed by atoms with Gasteiger partial charge in [-0.25, -0.2) is 4.98 Å². The molecule has 0 aromatic carbocycles. The molecule has 1 heterocycles. The van der Waals surface area contributed by atoms with Crippen molar-refractivity contribution in [2.24, 2.45) is 17.3 Å². The lowest BCUT2D eigenvalue weighted by Crippen LogP contribution is -2.61. The number of hydrogen-bond acceptors (Lipinski definition) is 3. The van der Waals surface area contributed by atoms with E-state index in [2.05, 4.69) is 17.2 Å². The molecule has 0 unspecified atom stereocenters. The summed E-state index contributed by atoms with van der Waals surface area (Å²) in [5.41, 5.74) is -0.364. The molecular formula is C17H25N3O2. The van der Waals surface area contributed by atoms with Gasteiger partial charge in [0.2, 0.25) is 5.91 Å². The molecule has 5 heteroatoms. The van der Waals surface area contributed by atoms with E-state index in [-0.39, 0.29) is 17.4 Å². The molecule has 4 fully saturated rings. The van der Waals surface area contributed by atoms with Crippen molar-refractivity contribution in [3.05, 3.63) is 18.7 Å². The lowest BCUT2D eigenvalue weighted by molar-refractivity contribution is -0.173. The largest absolute Gasteiger partial charge is 0.390 e. The van der Waals surface area contributed by atoms with Gasteiger partial charge in [-0.05, 0) is 62.7 Å². The van der Waals surface area contributed by atoms with Gasteiger partial charge in [0, 0.05) is 18.4 Å². The number of nitrogens with one attached hydrogen (secondary N) is 1. The Labute approximate surface area is 131 Å². The van der Waals surface area contributed by atoms with Crippen LogP contribution in [0.3, 0.4) is 0 Å². The maximum absolute atomic E-state index is 12.3. The molecule has 22 heavy (non-hydrogen) atoms. The summed E-state index contributed by atoms with van der Waals surface area (Å²) in [4.78, 5) is 16.2. The van der Waals surface area contributed by atoms with Gasteiger partial charge in [-0.1, -0.05) is 0 Å². The monoisotopic (exact) mass is 303 g/mol. The maximum atomic E-state index is 12.3. The Balaban J connectivity index is 1.46. The summed E-state index contributed by atoms with van der Waals surface area (Å²) in [6.07, 6.45) is 11.6. The number of rotatable bonds is 4. The van der Waals surface area contributed by atoms with Crippen LogP contribution in [0.1, 0.15) is 45.4 Å². The van der Waals surface area contributed by atoms with Crippen molar-refractivity contribution in [2.75, 3.05) is 0 Å². The summed E-state index contributed by atoms with van der Waals surface area (Å²) in [6.45, 7) is 2.44. The van der Waals surface area contributed by atoms with Crippen LogP contribution in [0.15, 0.2) is 18.7 Å². The summed E-state index contributed by atoms with van der Waals surface area (Å²) in [7, 11) is 0. The second kappa shape index (κ2) is 4.82. The van der Waals surface area contributed by atoms with Gasteiger partial charge in [0.05, 0.1) is 11.9 Å². The van der Waals surface area contributed by atoms with Crippen LogP contribution in [0, 0.1) is 17.3 Å². The van der Waals surface area contributed by atoms with Crippen LogP contribution in [0.4, 0.5) is 0 Å². The highest BCUT2D eigenvalue weighted by Gasteiger charge is 2.58. The van der Waals surface area contributed by atoms with Gasteiger partial charge in [0.1, 0.15) is 6.54 Å². The third-order valence-corrected chi connectivity index (χ3v) is 6.26. The minimum atomic E-state index is -0.465. The number of aromatic nitrogens is 2. The van der Waals surface area contributed by atoms with E-state index < -0.39 is 5.60 Å². The number of aliphatic hydroxyl groups is 1. The molecule has 120 valence electrons. The Hall–Kier alpha value is -1.36. The number of nitrogens with zero attached hydrogens (tertiary/aromatic N) is 2. The Kier molecular flexibility index (Phi) is 3.12. The molecule has 1 aromatic rings. The zero-order chi connectivity index (χ0) is 15.4. The molecule has 5 nitrogen and oxygen atoms in total. The zero-order valence-corrected chi connectivity index (χ0v) is 13.2. The third-order valence-electron chi connectivity index (χ3n) is 6.26. The molecule has 1 amide bonds. The van der Waals surface area contributed by atoms with Crippen molar-refractivity contribution in [1.82, 2.24) is 14.9 Å². The van der Waals surface area contributed by atoms with Crippen LogP contribution < -0.4 is 5.32 Å². The fourth-order valence-corrected chi connectivity index (χ4v) is 5.78. The highest BCUT2D eigenvalue weighted by molar-refractivity contribution is 5.76. The van der Waals surface area contributed by atoms with Gasteiger partial charge in [0.25, 0.3) is 0 Å². The van der Waals surface area contributed by atoms with Crippen LogP contribution in [0.2, 0.25) is 0 Å². The molecule has 3 atom stereocenters. The first-order chi connectivity index (χ1) is 10.5. The quantitative estimate of drug-likeness (QED) is 0.890. The molecule has 0 saturated heterocycles. The van der Waals surface area contributed by atoms with Crippen molar-refractivity contribution >= 4 is 5.91 Å². The molecule has 1 aromatic heterocycles. The van der Waals surface area contributed by atoms with Crippen molar-refractivity contribution < 1.29 is 9.90 Å². The number of carbonyl (C=O) groups is 1. The second-order valence-electron chi connectivity index (χ2n) is 8.07. The Morgan fingerprint density at radius 3 is 2.73 bits per heavy atom. The summed E-state index contributed by atoms with van der Waals surface area (Å²) < 4.78 is 1.79. The van der Waals surface area contributed by atoms with Crippen LogP contribution in [0.25, 0.3) is 0 Å². The van der Waals surface area contributed by atoms with Gasteiger partial charge in [-0.15, -0.1) is 0 Å². The first-order valence-corrected chi connectivity index (χ1v) is 8.44. The summed E-state index contributed by atoms with van der Waals surface area (Å²) in [6, 6.07) is 0.126. The van der Waals surface area contributed by atoms with Crippen LogP contribution >= 0.6 is 0 Å². The fourth-order valence-electron chi connectivity index (χ4n) is 5.78. The summed E-state index contributed by atoms with van der Waals surface area (Å²) in [5.74, 6) is 1.34. The first-order valence-electron chi connectivity index (χ1n) is 8.44. The lowest BCUT2D eigenvalue weighted by Gasteiger charge is -2.62. The Morgan fingerprint density at radius 1 is 1.41 bits per heavy atom. The van der Waals surface area contributed by atoms with E-state index in [1.165, 1.54) is 19.3 Å². The lowest BCUT2D eigenvalue weighted by atomic mass is 9.46. The van der Waals surface area contributed by atoms with E-state index in [1.807, 2.05) is 0 Å². The standard InChI is InChI=1S/C17H25N3O2/c1-12(19-15(21)9-20-3-2-18-11-20)16-5-13-4-14(6-16)8-17(22,7-13)10-16/h2-3,11-14,22H,4-10H2,1H3,(H,19,21)/t12-,13-,14-,16?,17?/m1/s1. The molecule has 2 N–H and O–H groups in total. The van der Waals surface area contributed by atoms with Gasteiger partial charge < -0.3 is 15.0 Å². The van der Waals surface area contributed by atoms with Crippen LogP contribution in [0.5, 0.6) is 0 Å². The van der Waals surface area contributed by atoms with E-state index in [1.54, 1.807) is 23.3 Å². The molecule has 4 saturated carbocycles. The number of amides is 1. The smallest absolute Gasteiger partial charge is 0.240 e. The van der Waals surface area contributed by atoms with E-state index in [9.17, 15) is 9.90 Å². The molecule has 0 radical (unpaired) electrons. The molecule has 0 spiro atoms. The highest BCUT2D eigenvalue weighted by atomic mass is 16.3.